The standard InChI is InChI=1S/C16H16N6O3S/c1-7-8(2)26-14-10(7)13(23)18-9(19-14)5-22-6-17-12-11(22)15(24)21(4)16(25)20(12)3/h6H,5H2,1-4H3,(H,18,19,23). The summed E-state index contributed by atoms with van der Waals surface area (Å²) >= 11 is 1.47. The SMILES string of the molecule is Cc1sc2nc(Cn3cnc4c3c(=O)n(C)c(=O)n4C)[nH]c(=O)c2c1C. The molecule has 10 heteroatoms. The van der Waals surface area contributed by atoms with E-state index in [0.29, 0.717) is 21.7 Å². The molecule has 0 saturated carbocycles. The second-order valence-corrected chi connectivity index (χ2v) is 7.43. The van der Waals surface area contributed by atoms with Crippen molar-refractivity contribution in [2.45, 2.75) is 20.4 Å². The normalized spacial score (nSPS) is 11.7. The molecule has 0 aliphatic heterocycles. The number of H-pyrrole nitrogens is 1. The molecule has 0 amide bonds. The molecular formula is C16H16N6O3S. The van der Waals surface area contributed by atoms with Gasteiger partial charge in [-0.1, -0.05) is 0 Å². The van der Waals surface area contributed by atoms with Gasteiger partial charge in [0.1, 0.15) is 10.7 Å². The quantitative estimate of drug-likeness (QED) is 0.548. The van der Waals surface area contributed by atoms with Gasteiger partial charge in [0.15, 0.2) is 11.2 Å². The molecule has 134 valence electrons. The van der Waals surface area contributed by atoms with Gasteiger partial charge in [-0.25, -0.2) is 14.8 Å². The highest BCUT2D eigenvalue weighted by Gasteiger charge is 2.16. The molecule has 0 saturated heterocycles. The van der Waals surface area contributed by atoms with Crippen molar-refractivity contribution in [1.29, 1.82) is 0 Å². The zero-order chi connectivity index (χ0) is 18.7. The highest BCUT2D eigenvalue weighted by atomic mass is 32.1. The van der Waals surface area contributed by atoms with E-state index in [9.17, 15) is 14.4 Å². The van der Waals surface area contributed by atoms with Crippen LogP contribution in [0.5, 0.6) is 0 Å². The lowest BCUT2D eigenvalue weighted by Crippen LogP contribution is -2.37. The number of hydrogen-bond acceptors (Lipinski definition) is 6. The number of nitrogens with zero attached hydrogens (tertiary/aromatic N) is 5. The molecular weight excluding hydrogens is 356 g/mol. The van der Waals surface area contributed by atoms with Crippen LogP contribution in [0, 0.1) is 13.8 Å². The van der Waals surface area contributed by atoms with E-state index in [-0.39, 0.29) is 17.6 Å². The van der Waals surface area contributed by atoms with Crippen LogP contribution in [-0.4, -0.2) is 28.7 Å². The van der Waals surface area contributed by atoms with E-state index in [1.54, 1.807) is 11.6 Å². The summed E-state index contributed by atoms with van der Waals surface area (Å²) in [5.74, 6) is 0.430. The summed E-state index contributed by atoms with van der Waals surface area (Å²) in [6.07, 6.45) is 1.47. The van der Waals surface area contributed by atoms with E-state index in [0.717, 1.165) is 15.0 Å². The van der Waals surface area contributed by atoms with E-state index >= 15 is 0 Å². The highest BCUT2D eigenvalue weighted by molar-refractivity contribution is 7.18. The van der Waals surface area contributed by atoms with Crippen LogP contribution < -0.4 is 16.8 Å². The molecule has 0 aliphatic carbocycles. The van der Waals surface area contributed by atoms with E-state index in [1.165, 1.54) is 29.3 Å². The maximum Gasteiger partial charge on any atom is 0.332 e. The zero-order valence-electron chi connectivity index (χ0n) is 14.7. The number of imidazole rings is 1. The minimum Gasteiger partial charge on any atom is -0.317 e. The summed E-state index contributed by atoms with van der Waals surface area (Å²) in [6, 6.07) is 0. The minimum atomic E-state index is -0.440. The van der Waals surface area contributed by atoms with Gasteiger partial charge in [-0.2, -0.15) is 0 Å². The van der Waals surface area contributed by atoms with Gasteiger partial charge in [-0.05, 0) is 19.4 Å². The Labute approximate surface area is 150 Å². The van der Waals surface area contributed by atoms with E-state index in [2.05, 4.69) is 15.0 Å². The van der Waals surface area contributed by atoms with Crippen molar-refractivity contribution in [1.82, 2.24) is 28.7 Å². The Kier molecular flexibility index (Phi) is 3.48. The van der Waals surface area contributed by atoms with Crippen LogP contribution >= 0.6 is 11.3 Å². The van der Waals surface area contributed by atoms with Crippen LogP contribution in [0.3, 0.4) is 0 Å². The van der Waals surface area contributed by atoms with Crippen molar-refractivity contribution < 1.29 is 0 Å². The summed E-state index contributed by atoms with van der Waals surface area (Å²) < 4.78 is 3.94. The molecule has 1 N–H and O–H groups in total. The molecule has 0 aromatic carbocycles. The molecule has 0 aliphatic rings. The van der Waals surface area contributed by atoms with Gasteiger partial charge in [0, 0.05) is 19.0 Å². The molecule has 0 spiro atoms. The largest absolute Gasteiger partial charge is 0.332 e. The van der Waals surface area contributed by atoms with E-state index in [1.807, 2.05) is 13.8 Å². The Hall–Kier alpha value is -3.01. The number of fused-ring (bicyclic) bond motifs is 2. The van der Waals surface area contributed by atoms with Gasteiger partial charge in [0.2, 0.25) is 0 Å². The molecule has 0 radical (unpaired) electrons. The lowest BCUT2D eigenvalue weighted by molar-refractivity contribution is 0.698. The topological polar surface area (TPSA) is 108 Å². The van der Waals surface area contributed by atoms with Crippen molar-refractivity contribution >= 4 is 32.7 Å². The van der Waals surface area contributed by atoms with Crippen molar-refractivity contribution in [2.75, 3.05) is 0 Å². The average Bonchev–Trinajstić information content (AvgIpc) is 3.13. The van der Waals surface area contributed by atoms with Crippen LogP contribution in [0.2, 0.25) is 0 Å². The number of thiophene rings is 1. The molecule has 4 rings (SSSR count). The molecule has 4 aromatic rings. The predicted molar refractivity (Wildman–Crippen MR) is 99.0 cm³/mol. The summed E-state index contributed by atoms with van der Waals surface area (Å²) in [6.45, 7) is 4.03. The fourth-order valence-electron chi connectivity index (χ4n) is 3.05. The van der Waals surface area contributed by atoms with Crippen LogP contribution in [0.25, 0.3) is 21.4 Å². The first-order valence-electron chi connectivity index (χ1n) is 7.89. The van der Waals surface area contributed by atoms with Crippen LogP contribution in [0.15, 0.2) is 20.7 Å². The lowest BCUT2D eigenvalue weighted by Gasteiger charge is -2.06. The first-order chi connectivity index (χ1) is 12.3. The van der Waals surface area contributed by atoms with Gasteiger partial charge in [0.05, 0.1) is 18.3 Å². The van der Waals surface area contributed by atoms with Gasteiger partial charge >= 0.3 is 5.69 Å². The fraction of sp³-hybridized carbons (Fsp3) is 0.312. The monoisotopic (exact) mass is 372 g/mol. The van der Waals surface area contributed by atoms with Gasteiger partial charge in [-0.15, -0.1) is 11.3 Å². The maximum atomic E-state index is 12.5. The third kappa shape index (κ3) is 2.18. The van der Waals surface area contributed by atoms with E-state index < -0.39 is 11.2 Å². The van der Waals surface area contributed by atoms with Crippen molar-refractivity contribution in [3.63, 3.8) is 0 Å². The Bertz CT molecular complexity index is 1370. The van der Waals surface area contributed by atoms with Gasteiger partial charge in [-0.3, -0.25) is 18.7 Å². The smallest absolute Gasteiger partial charge is 0.317 e. The molecule has 0 unspecified atom stereocenters. The first-order valence-corrected chi connectivity index (χ1v) is 8.71. The van der Waals surface area contributed by atoms with Crippen molar-refractivity contribution in [2.24, 2.45) is 14.1 Å². The van der Waals surface area contributed by atoms with Gasteiger partial charge in [0.25, 0.3) is 11.1 Å². The Morgan fingerprint density at radius 2 is 1.88 bits per heavy atom. The number of nitrogens with one attached hydrogen (secondary N) is 1. The number of rotatable bonds is 2. The maximum absolute atomic E-state index is 12.5. The summed E-state index contributed by atoms with van der Waals surface area (Å²) in [4.78, 5) is 50.1. The highest BCUT2D eigenvalue weighted by Crippen LogP contribution is 2.25. The van der Waals surface area contributed by atoms with E-state index in [4.69, 9.17) is 0 Å². The number of hydrogen-bond donors (Lipinski definition) is 1. The van der Waals surface area contributed by atoms with Crippen molar-refractivity contribution in [3.8, 4) is 0 Å². The predicted octanol–water partition coefficient (Wildman–Crippen LogP) is 0.397. The van der Waals surface area contributed by atoms with Crippen LogP contribution in [0.4, 0.5) is 0 Å². The average molecular weight is 372 g/mol. The Morgan fingerprint density at radius 1 is 1.15 bits per heavy atom. The Balaban J connectivity index is 1.91. The molecule has 4 heterocycles. The molecule has 0 atom stereocenters. The molecule has 26 heavy (non-hydrogen) atoms. The zero-order valence-corrected chi connectivity index (χ0v) is 15.5. The Morgan fingerprint density at radius 3 is 2.62 bits per heavy atom. The number of aryl methyl sites for hydroxylation is 3. The lowest BCUT2D eigenvalue weighted by atomic mass is 10.2. The number of aromatic nitrogens is 6. The van der Waals surface area contributed by atoms with Gasteiger partial charge < -0.3 is 9.55 Å². The fourth-order valence-corrected chi connectivity index (χ4v) is 4.10. The molecule has 9 nitrogen and oxygen atoms in total. The number of aromatic amines is 1. The van der Waals surface area contributed by atoms with Crippen LogP contribution in [0.1, 0.15) is 16.3 Å². The summed E-state index contributed by atoms with van der Waals surface area (Å²) in [7, 11) is 2.98. The third-order valence-electron chi connectivity index (χ3n) is 4.63. The summed E-state index contributed by atoms with van der Waals surface area (Å²) in [5, 5.41) is 0.602. The molecule has 4 aromatic heterocycles. The van der Waals surface area contributed by atoms with Crippen molar-refractivity contribution in [3.05, 3.63) is 53.8 Å². The first kappa shape index (κ1) is 16.5. The van der Waals surface area contributed by atoms with Crippen LogP contribution in [-0.2, 0) is 20.6 Å². The second-order valence-electron chi connectivity index (χ2n) is 6.23. The molecule has 0 bridgehead atoms. The second kappa shape index (κ2) is 5.49. The summed E-state index contributed by atoms with van der Waals surface area (Å²) in [5.41, 5.74) is 0.441. The third-order valence-corrected chi connectivity index (χ3v) is 5.73. The molecule has 0 fully saturated rings. The minimum absolute atomic E-state index is 0.172.